The fourth-order valence-electron chi connectivity index (χ4n) is 2.84. The summed E-state index contributed by atoms with van der Waals surface area (Å²) in [4.78, 5) is 11.7. The van der Waals surface area contributed by atoms with E-state index in [0.29, 0.717) is 24.7 Å². The molecule has 1 aliphatic carbocycles. The minimum absolute atomic E-state index is 0.452. The zero-order chi connectivity index (χ0) is 14.6. The van der Waals surface area contributed by atoms with Gasteiger partial charge < -0.3 is 14.9 Å². The number of rotatable bonds is 5. The number of carboxylic acids is 1. The van der Waals surface area contributed by atoms with Crippen LogP contribution in [0.1, 0.15) is 59.8 Å². The zero-order valence-corrected chi connectivity index (χ0v) is 12.6. The zero-order valence-electron chi connectivity index (χ0n) is 12.6. The molecule has 4 heteroatoms. The Kier molecular flexibility index (Phi) is 5.81. The Morgan fingerprint density at radius 3 is 2.32 bits per heavy atom. The maximum absolute atomic E-state index is 11.7. The summed E-state index contributed by atoms with van der Waals surface area (Å²) in [5, 5.41) is 19.1. The minimum Gasteiger partial charge on any atom is -0.479 e. The maximum atomic E-state index is 11.7. The summed E-state index contributed by atoms with van der Waals surface area (Å²) in [6, 6.07) is 0. The first-order chi connectivity index (χ1) is 8.78. The number of carbonyl (C=O) groups is 1. The lowest BCUT2D eigenvalue weighted by Gasteiger charge is -2.33. The van der Waals surface area contributed by atoms with Gasteiger partial charge in [-0.3, -0.25) is 0 Å². The first-order valence-corrected chi connectivity index (χ1v) is 7.38. The molecule has 4 unspecified atom stereocenters. The lowest BCUT2D eigenvalue weighted by atomic mass is 9.87. The van der Waals surface area contributed by atoms with E-state index in [1.807, 2.05) is 0 Å². The van der Waals surface area contributed by atoms with Gasteiger partial charge in [0.05, 0.1) is 12.2 Å². The van der Waals surface area contributed by atoms with Crippen molar-refractivity contribution in [2.45, 2.75) is 77.6 Å². The van der Waals surface area contributed by atoms with E-state index in [-0.39, 0.29) is 0 Å². The van der Waals surface area contributed by atoms with Gasteiger partial charge in [-0.25, -0.2) is 4.79 Å². The van der Waals surface area contributed by atoms with Crippen LogP contribution in [0, 0.1) is 11.8 Å². The fraction of sp³-hybridized carbons (Fsp3) is 0.933. The van der Waals surface area contributed by atoms with E-state index >= 15 is 0 Å². The molecule has 0 aliphatic heterocycles. The highest BCUT2D eigenvalue weighted by molar-refractivity contribution is 5.77. The van der Waals surface area contributed by atoms with Crippen molar-refractivity contribution < 1.29 is 19.7 Å². The quantitative estimate of drug-likeness (QED) is 0.755. The van der Waals surface area contributed by atoms with E-state index < -0.39 is 23.8 Å². The van der Waals surface area contributed by atoms with Gasteiger partial charge in [0, 0.05) is 0 Å². The Morgan fingerprint density at radius 2 is 1.84 bits per heavy atom. The second-order valence-corrected chi connectivity index (χ2v) is 6.30. The van der Waals surface area contributed by atoms with Crippen molar-refractivity contribution in [3.8, 4) is 0 Å². The Balaban J connectivity index is 2.80. The van der Waals surface area contributed by atoms with Crippen LogP contribution in [0.2, 0.25) is 0 Å². The number of hydrogen-bond acceptors (Lipinski definition) is 3. The van der Waals surface area contributed by atoms with Crippen LogP contribution >= 0.6 is 0 Å². The van der Waals surface area contributed by atoms with Crippen LogP contribution in [0.5, 0.6) is 0 Å². The van der Waals surface area contributed by atoms with Crippen LogP contribution in [-0.2, 0) is 9.53 Å². The largest absolute Gasteiger partial charge is 0.479 e. The Morgan fingerprint density at radius 1 is 1.21 bits per heavy atom. The van der Waals surface area contributed by atoms with Crippen molar-refractivity contribution in [1.82, 2.24) is 0 Å². The van der Waals surface area contributed by atoms with Crippen LogP contribution in [0.25, 0.3) is 0 Å². The number of carboxylic acid groups (broad SMARTS) is 1. The number of ether oxygens (including phenoxy) is 1. The third kappa shape index (κ3) is 4.18. The topological polar surface area (TPSA) is 66.8 Å². The van der Waals surface area contributed by atoms with Crippen molar-refractivity contribution in [2.75, 3.05) is 0 Å². The monoisotopic (exact) mass is 272 g/mol. The first-order valence-electron chi connectivity index (χ1n) is 7.38. The molecule has 0 amide bonds. The molecule has 1 fully saturated rings. The number of aliphatic hydroxyl groups is 1. The molecular formula is C15H28O4. The predicted octanol–water partition coefficient (Wildman–Crippen LogP) is 2.83. The number of aliphatic carboxylic acids is 1. The van der Waals surface area contributed by atoms with Gasteiger partial charge in [-0.2, -0.15) is 0 Å². The first kappa shape index (κ1) is 16.4. The molecule has 19 heavy (non-hydrogen) atoms. The molecular weight excluding hydrogens is 244 g/mol. The highest BCUT2D eigenvalue weighted by Gasteiger charge is 2.43. The van der Waals surface area contributed by atoms with Crippen LogP contribution < -0.4 is 0 Å². The molecule has 0 saturated heterocycles. The molecule has 0 aromatic rings. The lowest BCUT2D eigenvalue weighted by molar-refractivity contribution is -0.183. The van der Waals surface area contributed by atoms with Crippen molar-refractivity contribution >= 4 is 5.97 Å². The molecule has 0 heterocycles. The van der Waals surface area contributed by atoms with Gasteiger partial charge in [0.25, 0.3) is 0 Å². The average Bonchev–Trinajstić information content (AvgIpc) is 2.52. The van der Waals surface area contributed by atoms with Gasteiger partial charge in [-0.05, 0) is 51.4 Å². The summed E-state index contributed by atoms with van der Waals surface area (Å²) in [5.41, 5.74) is -1.11. The van der Waals surface area contributed by atoms with Crippen molar-refractivity contribution in [3.05, 3.63) is 0 Å². The van der Waals surface area contributed by atoms with Crippen molar-refractivity contribution in [1.29, 1.82) is 0 Å². The SMILES string of the molecule is CC(C)C1CCCC(OC(C)C(C)O)(C(=O)O)CC1. The van der Waals surface area contributed by atoms with E-state index in [4.69, 9.17) is 4.74 Å². The Labute approximate surface area is 116 Å². The maximum Gasteiger partial charge on any atom is 0.335 e. The summed E-state index contributed by atoms with van der Waals surface area (Å²) in [7, 11) is 0. The van der Waals surface area contributed by atoms with Crippen LogP contribution in [0.15, 0.2) is 0 Å². The van der Waals surface area contributed by atoms with Gasteiger partial charge in [-0.1, -0.05) is 20.3 Å². The van der Waals surface area contributed by atoms with E-state index in [9.17, 15) is 15.0 Å². The van der Waals surface area contributed by atoms with Crippen LogP contribution in [0.3, 0.4) is 0 Å². The third-order valence-electron chi connectivity index (χ3n) is 4.50. The van der Waals surface area contributed by atoms with Gasteiger partial charge in [0.2, 0.25) is 0 Å². The van der Waals surface area contributed by atoms with E-state index in [0.717, 1.165) is 19.3 Å². The van der Waals surface area contributed by atoms with Crippen molar-refractivity contribution in [2.24, 2.45) is 11.8 Å². The second kappa shape index (κ2) is 6.71. The number of hydrogen-bond donors (Lipinski definition) is 2. The Hall–Kier alpha value is -0.610. The molecule has 4 nitrogen and oxygen atoms in total. The highest BCUT2D eigenvalue weighted by Crippen LogP contribution is 2.37. The fourth-order valence-corrected chi connectivity index (χ4v) is 2.84. The molecule has 4 atom stereocenters. The summed E-state index contributed by atoms with van der Waals surface area (Å²) in [6.07, 6.45) is 2.81. The summed E-state index contributed by atoms with van der Waals surface area (Å²) < 4.78 is 5.76. The van der Waals surface area contributed by atoms with Gasteiger partial charge >= 0.3 is 5.97 Å². The number of aliphatic hydroxyl groups excluding tert-OH is 1. The van der Waals surface area contributed by atoms with Gasteiger partial charge in [0.1, 0.15) is 0 Å². The molecule has 0 bridgehead atoms. The molecule has 112 valence electrons. The third-order valence-corrected chi connectivity index (χ3v) is 4.50. The summed E-state index contributed by atoms with van der Waals surface area (Å²) in [5.74, 6) is 0.273. The molecule has 1 rings (SSSR count). The van der Waals surface area contributed by atoms with E-state index in [2.05, 4.69) is 13.8 Å². The summed E-state index contributed by atoms with van der Waals surface area (Å²) in [6.45, 7) is 7.75. The standard InChI is InChI=1S/C15H28O4/c1-10(2)13-6-5-8-15(9-7-13,14(17)18)19-12(4)11(3)16/h10-13,16H,5-9H2,1-4H3,(H,17,18). The second-order valence-electron chi connectivity index (χ2n) is 6.30. The minimum atomic E-state index is -1.11. The van der Waals surface area contributed by atoms with Gasteiger partial charge in [0.15, 0.2) is 5.60 Å². The lowest BCUT2D eigenvalue weighted by Crippen LogP contribution is -2.45. The Bertz CT molecular complexity index is 301. The van der Waals surface area contributed by atoms with Crippen LogP contribution in [-0.4, -0.2) is 34.0 Å². The van der Waals surface area contributed by atoms with Gasteiger partial charge in [-0.15, -0.1) is 0 Å². The summed E-state index contributed by atoms with van der Waals surface area (Å²) >= 11 is 0. The predicted molar refractivity (Wildman–Crippen MR) is 74.0 cm³/mol. The van der Waals surface area contributed by atoms with Crippen molar-refractivity contribution in [3.63, 3.8) is 0 Å². The normalized spacial score (nSPS) is 31.8. The molecule has 0 spiro atoms. The smallest absolute Gasteiger partial charge is 0.335 e. The molecule has 1 saturated carbocycles. The van der Waals surface area contributed by atoms with E-state index in [1.54, 1.807) is 13.8 Å². The molecule has 0 aromatic carbocycles. The molecule has 0 aromatic heterocycles. The average molecular weight is 272 g/mol. The molecule has 1 aliphatic rings. The molecule has 0 radical (unpaired) electrons. The van der Waals surface area contributed by atoms with E-state index in [1.165, 1.54) is 0 Å². The molecule has 2 N–H and O–H groups in total. The highest BCUT2D eigenvalue weighted by atomic mass is 16.5. The van der Waals surface area contributed by atoms with Crippen LogP contribution in [0.4, 0.5) is 0 Å².